The maximum atomic E-state index is 3.78. The Bertz CT molecular complexity index is 269. The summed E-state index contributed by atoms with van der Waals surface area (Å²) in [5.74, 6) is 4.27. The molecule has 5 fully saturated rings. The molecule has 1 heteroatoms. The first-order valence-corrected chi connectivity index (χ1v) is 7.97. The largest absolute Gasteiger partial charge is 0.314 e. The maximum Gasteiger partial charge on any atom is 0.00683 e. The van der Waals surface area contributed by atoms with Crippen LogP contribution in [0.1, 0.15) is 58.3 Å². The van der Waals surface area contributed by atoms with Crippen LogP contribution < -0.4 is 5.32 Å². The van der Waals surface area contributed by atoms with Crippen LogP contribution in [0.5, 0.6) is 0 Å². The predicted octanol–water partition coefficient (Wildman–Crippen LogP) is 3.59. The fraction of sp³-hybridized carbons (Fsp3) is 1.00. The standard InChI is InChI=1S/C16H27N/c1-11(10-17-15-2-3-15)16-7-12-4-13(8-16)6-14(5-12)9-16/h11-15,17H,2-10H2,1H3. The first-order valence-electron chi connectivity index (χ1n) is 7.97. The van der Waals surface area contributed by atoms with Crippen LogP contribution in [0.2, 0.25) is 0 Å². The van der Waals surface area contributed by atoms with Gasteiger partial charge in [0.05, 0.1) is 0 Å². The van der Waals surface area contributed by atoms with Crippen molar-refractivity contribution < 1.29 is 0 Å². The van der Waals surface area contributed by atoms with Crippen LogP contribution in [-0.2, 0) is 0 Å². The van der Waals surface area contributed by atoms with E-state index in [9.17, 15) is 0 Å². The summed E-state index contributed by atoms with van der Waals surface area (Å²) in [4.78, 5) is 0. The Morgan fingerprint density at radius 1 is 1.00 bits per heavy atom. The fourth-order valence-electron chi connectivity index (χ4n) is 5.63. The fourth-order valence-corrected chi connectivity index (χ4v) is 5.63. The van der Waals surface area contributed by atoms with Crippen molar-refractivity contribution in [1.82, 2.24) is 5.32 Å². The molecule has 0 amide bonds. The van der Waals surface area contributed by atoms with Gasteiger partial charge in [0.2, 0.25) is 0 Å². The Balaban J connectivity index is 1.47. The second-order valence-corrected chi connectivity index (χ2v) is 7.86. The van der Waals surface area contributed by atoms with Gasteiger partial charge in [-0.1, -0.05) is 6.92 Å². The van der Waals surface area contributed by atoms with E-state index in [-0.39, 0.29) is 0 Å². The lowest BCUT2D eigenvalue weighted by Crippen LogP contribution is -2.50. The van der Waals surface area contributed by atoms with E-state index in [1.165, 1.54) is 19.4 Å². The van der Waals surface area contributed by atoms with Crippen molar-refractivity contribution in [2.75, 3.05) is 6.54 Å². The van der Waals surface area contributed by atoms with Crippen LogP contribution in [0.15, 0.2) is 0 Å². The monoisotopic (exact) mass is 233 g/mol. The van der Waals surface area contributed by atoms with Gasteiger partial charge in [0, 0.05) is 6.04 Å². The lowest BCUT2D eigenvalue weighted by molar-refractivity contribution is -0.0825. The first-order chi connectivity index (χ1) is 8.23. The summed E-state index contributed by atoms with van der Waals surface area (Å²) in [6, 6.07) is 0.895. The van der Waals surface area contributed by atoms with Gasteiger partial charge in [-0.3, -0.25) is 0 Å². The predicted molar refractivity (Wildman–Crippen MR) is 70.8 cm³/mol. The highest BCUT2D eigenvalue weighted by Crippen LogP contribution is 2.62. The molecule has 0 saturated heterocycles. The highest BCUT2D eigenvalue weighted by molar-refractivity contribution is 5.03. The molecule has 0 heterocycles. The SMILES string of the molecule is CC(CNC1CC1)C12CC3CC(CC(C3)C1)C2. The molecule has 0 aromatic carbocycles. The van der Waals surface area contributed by atoms with Crippen molar-refractivity contribution in [1.29, 1.82) is 0 Å². The molecule has 0 spiro atoms. The molecular formula is C16H27N. The Morgan fingerprint density at radius 3 is 2.00 bits per heavy atom. The van der Waals surface area contributed by atoms with Crippen molar-refractivity contribution in [3.63, 3.8) is 0 Å². The van der Waals surface area contributed by atoms with Gasteiger partial charge in [0.1, 0.15) is 0 Å². The molecular weight excluding hydrogens is 206 g/mol. The lowest BCUT2D eigenvalue weighted by atomic mass is 9.46. The molecule has 5 aliphatic rings. The quantitative estimate of drug-likeness (QED) is 0.782. The Labute approximate surface area is 106 Å². The zero-order chi connectivity index (χ0) is 11.5. The van der Waals surface area contributed by atoms with Gasteiger partial charge in [-0.2, -0.15) is 0 Å². The molecule has 1 unspecified atom stereocenters. The van der Waals surface area contributed by atoms with Gasteiger partial charge in [-0.15, -0.1) is 0 Å². The molecule has 0 aliphatic heterocycles. The third kappa shape index (κ3) is 1.85. The minimum absolute atomic E-state index is 0.761. The molecule has 5 rings (SSSR count). The van der Waals surface area contributed by atoms with Gasteiger partial charge in [0.15, 0.2) is 0 Å². The van der Waals surface area contributed by atoms with E-state index in [2.05, 4.69) is 12.2 Å². The smallest absolute Gasteiger partial charge is 0.00683 e. The summed E-state index contributed by atoms with van der Waals surface area (Å²) >= 11 is 0. The molecule has 0 aromatic heterocycles. The van der Waals surface area contributed by atoms with Gasteiger partial charge in [-0.25, -0.2) is 0 Å². The highest BCUT2D eigenvalue weighted by Gasteiger charge is 2.52. The summed E-state index contributed by atoms with van der Waals surface area (Å²) in [5, 5.41) is 3.78. The van der Waals surface area contributed by atoms with E-state index >= 15 is 0 Å². The zero-order valence-corrected chi connectivity index (χ0v) is 11.3. The Morgan fingerprint density at radius 2 is 1.53 bits per heavy atom. The van der Waals surface area contributed by atoms with Crippen molar-refractivity contribution >= 4 is 0 Å². The third-order valence-corrected chi connectivity index (χ3v) is 6.42. The van der Waals surface area contributed by atoms with Crippen LogP contribution in [0, 0.1) is 29.1 Å². The van der Waals surface area contributed by atoms with Gasteiger partial charge >= 0.3 is 0 Å². The Hall–Kier alpha value is -0.0400. The van der Waals surface area contributed by atoms with Crippen LogP contribution in [0.25, 0.3) is 0 Å². The minimum atomic E-state index is 0.761. The van der Waals surface area contributed by atoms with Crippen molar-refractivity contribution in [2.24, 2.45) is 29.1 Å². The van der Waals surface area contributed by atoms with Crippen molar-refractivity contribution in [2.45, 2.75) is 64.3 Å². The molecule has 1 N–H and O–H groups in total. The summed E-state index contributed by atoms with van der Waals surface area (Å²) < 4.78 is 0. The van der Waals surface area contributed by atoms with Crippen LogP contribution in [-0.4, -0.2) is 12.6 Å². The zero-order valence-electron chi connectivity index (χ0n) is 11.3. The summed E-state index contributed by atoms with van der Waals surface area (Å²) in [6.07, 6.45) is 12.4. The van der Waals surface area contributed by atoms with Gasteiger partial charge < -0.3 is 5.32 Å². The van der Waals surface area contributed by atoms with Crippen LogP contribution in [0.3, 0.4) is 0 Å². The molecule has 96 valence electrons. The van der Waals surface area contributed by atoms with E-state index < -0.39 is 0 Å². The summed E-state index contributed by atoms with van der Waals surface area (Å²) in [6.45, 7) is 3.85. The normalized spacial score (nSPS) is 49.6. The molecule has 5 saturated carbocycles. The average molecular weight is 233 g/mol. The molecule has 0 aromatic rings. The highest BCUT2D eigenvalue weighted by atomic mass is 14.9. The topological polar surface area (TPSA) is 12.0 Å². The molecule has 5 aliphatic carbocycles. The second kappa shape index (κ2) is 3.73. The van der Waals surface area contributed by atoms with Crippen molar-refractivity contribution in [3.05, 3.63) is 0 Å². The molecule has 1 atom stereocenters. The molecule has 4 bridgehead atoms. The van der Waals surface area contributed by atoms with Crippen molar-refractivity contribution in [3.8, 4) is 0 Å². The van der Waals surface area contributed by atoms with E-state index in [4.69, 9.17) is 0 Å². The Kier molecular flexibility index (Phi) is 2.38. The average Bonchev–Trinajstić information content (AvgIpc) is 3.07. The number of hydrogen-bond acceptors (Lipinski definition) is 1. The van der Waals surface area contributed by atoms with Crippen LogP contribution in [0.4, 0.5) is 0 Å². The summed E-state index contributed by atoms with van der Waals surface area (Å²) in [5.41, 5.74) is 0.761. The van der Waals surface area contributed by atoms with E-state index in [0.717, 1.165) is 35.1 Å². The van der Waals surface area contributed by atoms with Gasteiger partial charge in [-0.05, 0) is 87.0 Å². The molecule has 17 heavy (non-hydrogen) atoms. The van der Waals surface area contributed by atoms with Gasteiger partial charge in [0.25, 0.3) is 0 Å². The second-order valence-electron chi connectivity index (χ2n) is 7.86. The van der Waals surface area contributed by atoms with E-state index in [1.807, 2.05) is 0 Å². The third-order valence-electron chi connectivity index (χ3n) is 6.42. The number of rotatable bonds is 4. The number of hydrogen-bond donors (Lipinski definition) is 1. The first kappa shape index (κ1) is 10.8. The lowest BCUT2D eigenvalue weighted by Gasteiger charge is -2.59. The van der Waals surface area contributed by atoms with E-state index in [1.54, 1.807) is 38.5 Å². The molecule has 1 nitrogen and oxygen atoms in total. The minimum Gasteiger partial charge on any atom is -0.314 e. The summed E-state index contributed by atoms with van der Waals surface area (Å²) in [7, 11) is 0. The number of nitrogens with one attached hydrogen (secondary N) is 1. The van der Waals surface area contributed by atoms with E-state index in [0.29, 0.717) is 0 Å². The maximum absolute atomic E-state index is 3.78. The van der Waals surface area contributed by atoms with Crippen LogP contribution >= 0.6 is 0 Å². The molecule has 0 radical (unpaired) electrons.